The third-order valence-electron chi connectivity index (χ3n) is 4.29. The molecule has 1 unspecified atom stereocenters. The molecule has 0 saturated carbocycles. The molecule has 0 radical (unpaired) electrons. The van der Waals surface area contributed by atoms with Crippen LogP contribution < -0.4 is 9.64 Å². The first-order valence-corrected chi connectivity index (χ1v) is 7.80. The first-order valence-electron chi connectivity index (χ1n) is 7.80. The molecule has 24 heavy (non-hydrogen) atoms. The van der Waals surface area contributed by atoms with E-state index in [9.17, 15) is 9.90 Å². The molecule has 1 atom stereocenters. The van der Waals surface area contributed by atoms with Gasteiger partial charge in [0.1, 0.15) is 11.5 Å². The lowest BCUT2D eigenvalue weighted by atomic mass is 10.0. The van der Waals surface area contributed by atoms with Crippen molar-refractivity contribution in [2.24, 2.45) is 0 Å². The van der Waals surface area contributed by atoms with Gasteiger partial charge in [-0.1, -0.05) is 24.1 Å². The number of rotatable bonds is 3. The maximum atomic E-state index is 12.8. The maximum Gasteiger partial charge on any atom is 0.269 e. The number of phenolic OH excluding ortho intramolecular Hbond substituents is 1. The number of aromatic hydroxyl groups is 1. The minimum atomic E-state index is -0.627. The monoisotopic (exact) mass is 321 g/mol. The molecule has 0 saturated heterocycles. The van der Waals surface area contributed by atoms with E-state index in [0.29, 0.717) is 17.9 Å². The number of phenols is 1. The fraction of sp³-hybridized carbons (Fsp3) is 0.250. The minimum Gasteiger partial charge on any atom is -0.508 e. The number of amides is 1. The molecule has 0 spiro atoms. The zero-order chi connectivity index (χ0) is 17.3. The van der Waals surface area contributed by atoms with Gasteiger partial charge in [-0.05, 0) is 42.7 Å². The van der Waals surface area contributed by atoms with Crippen molar-refractivity contribution < 1.29 is 14.6 Å². The van der Waals surface area contributed by atoms with Gasteiger partial charge in [0.25, 0.3) is 5.91 Å². The number of carbonyl (C=O) groups is 1. The minimum absolute atomic E-state index is 0.0692. The van der Waals surface area contributed by atoms with Crippen molar-refractivity contribution in [1.29, 1.82) is 0 Å². The molecule has 1 aliphatic rings. The Labute approximate surface area is 141 Å². The molecule has 0 fully saturated rings. The SMILES string of the molecule is C#CCN1C(=O)C(Cc2ccc(C)c(C)c2)Oc2ccc(O)cc21. The number of hydrogen-bond acceptors (Lipinski definition) is 3. The number of hydrogen-bond donors (Lipinski definition) is 1. The summed E-state index contributed by atoms with van der Waals surface area (Å²) in [5, 5.41) is 9.67. The predicted octanol–water partition coefficient (Wildman–Crippen LogP) is 2.98. The Bertz CT molecular complexity index is 835. The molecule has 1 aliphatic heterocycles. The summed E-state index contributed by atoms with van der Waals surface area (Å²) in [6.07, 6.45) is 5.25. The summed E-state index contributed by atoms with van der Waals surface area (Å²) in [6, 6.07) is 10.8. The van der Waals surface area contributed by atoms with Crippen LogP contribution in [0, 0.1) is 26.2 Å². The fourth-order valence-electron chi connectivity index (χ4n) is 2.84. The Kier molecular flexibility index (Phi) is 4.18. The highest BCUT2D eigenvalue weighted by molar-refractivity contribution is 6.00. The van der Waals surface area contributed by atoms with Crippen LogP contribution in [0.5, 0.6) is 11.5 Å². The van der Waals surface area contributed by atoms with Crippen molar-refractivity contribution in [2.75, 3.05) is 11.4 Å². The zero-order valence-electron chi connectivity index (χ0n) is 13.7. The van der Waals surface area contributed by atoms with Crippen molar-refractivity contribution in [3.63, 3.8) is 0 Å². The Hall–Kier alpha value is -2.93. The summed E-state index contributed by atoms with van der Waals surface area (Å²) in [4.78, 5) is 14.3. The summed E-state index contributed by atoms with van der Waals surface area (Å²) in [6.45, 7) is 4.24. The molecule has 1 amide bonds. The highest BCUT2D eigenvalue weighted by Gasteiger charge is 2.34. The summed E-state index contributed by atoms with van der Waals surface area (Å²) < 4.78 is 5.88. The van der Waals surface area contributed by atoms with Crippen molar-refractivity contribution in [2.45, 2.75) is 26.4 Å². The normalized spacial score (nSPS) is 16.3. The van der Waals surface area contributed by atoms with Crippen molar-refractivity contribution in [3.8, 4) is 23.8 Å². The highest BCUT2D eigenvalue weighted by Crippen LogP contribution is 2.37. The molecule has 0 aliphatic carbocycles. The fourth-order valence-corrected chi connectivity index (χ4v) is 2.84. The largest absolute Gasteiger partial charge is 0.508 e. The van der Waals surface area contributed by atoms with E-state index in [1.165, 1.54) is 28.2 Å². The average Bonchev–Trinajstić information content (AvgIpc) is 2.55. The van der Waals surface area contributed by atoms with E-state index in [1.807, 2.05) is 19.1 Å². The third kappa shape index (κ3) is 2.93. The number of benzene rings is 2. The molecule has 1 heterocycles. The van der Waals surface area contributed by atoms with Gasteiger partial charge in [0.2, 0.25) is 0 Å². The van der Waals surface area contributed by atoms with Gasteiger partial charge in [0.15, 0.2) is 6.10 Å². The number of fused-ring (bicyclic) bond motifs is 1. The molecule has 2 aromatic rings. The number of carbonyl (C=O) groups excluding carboxylic acids is 1. The van der Waals surface area contributed by atoms with Crippen LogP contribution in [0.2, 0.25) is 0 Å². The summed E-state index contributed by atoms with van der Waals surface area (Å²) >= 11 is 0. The summed E-state index contributed by atoms with van der Waals surface area (Å²) in [5.74, 6) is 2.93. The third-order valence-corrected chi connectivity index (χ3v) is 4.29. The Balaban J connectivity index is 1.92. The van der Waals surface area contributed by atoms with Gasteiger partial charge in [-0.15, -0.1) is 6.42 Å². The Morgan fingerprint density at radius 2 is 2.00 bits per heavy atom. The summed E-state index contributed by atoms with van der Waals surface area (Å²) in [7, 11) is 0. The van der Waals surface area contributed by atoms with E-state index in [0.717, 1.165) is 5.56 Å². The van der Waals surface area contributed by atoms with Gasteiger partial charge in [-0.25, -0.2) is 0 Å². The van der Waals surface area contributed by atoms with Crippen LogP contribution in [0.15, 0.2) is 36.4 Å². The second kappa shape index (κ2) is 6.29. The van der Waals surface area contributed by atoms with Crippen molar-refractivity contribution in [1.82, 2.24) is 0 Å². The van der Waals surface area contributed by atoms with E-state index < -0.39 is 6.10 Å². The molecule has 4 nitrogen and oxygen atoms in total. The number of nitrogens with zero attached hydrogens (tertiary/aromatic N) is 1. The smallest absolute Gasteiger partial charge is 0.269 e. The molecule has 4 heteroatoms. The van der Waals surface area contributed by atoms with Gasteiger partial charge in [-0.2, -0.15) is 0 Å². The van der Waals surface area contributed by atoms with Gasteiger partial charge < -0.3 is 9.84 Å². The maximum absolute atomic E-state index is 12.8. The lowest BCUT2D eigenvalue weighted by Crippen LogP contribution is -2.47. The molecule has 1 N–H and O–H groups in total. The molecule has 0 bridgehead atoms. The van der Waals surface area contributed by atoms with Crippen LogP contribution >= 0.6 is 0 Å². The lowest BCUT2D eigenvalue weighted by Gasteiger charge is -2.33. The first-order chi connectivity index (χ1) is 11.5. The highest BCUT2D eigenvalue weighted by atomic mass is 16.5. The van der Waals surface area contributed by atoms with Gasteiger partial charge in [-0.3, -0.25) is 9.69 Å². The lowest BCUT2D eigenvalue weighted by molar-refractivity contribution is -0.126. The number of aryl methyl sites for hydroxylation is 2. The van der Waals surface area contributed by atoms with E-state index in [2.05, 4.69) is 18.9 Å². The predicted molar refractivity (Wildman–Crippen MR) is 93.3 cm³/mol. The van der Waals surface area contributed by atoms with Crippen molar-refractivity contribution in [3.05, 3.63) is 53.1 Å². The van der Waals surface area contributed by atoms with Gasteiger partial charge >= 0.3 is 0 Å². The van der Waals surface area contributed by atoms with Crippen molar-refractivity contribution >= 4 is 11.6 Å². The van der Waals surface area contributed by atoms with Crippen LogP contribution in [0.3, 0.4) is 0 Å². The number of terminal acetylenes is 1. The van der Waals surface area contributed by atoms with Crippen LogP contribution in [0.1, 0.15) is 16.7 Å². The topological polar surface area (TPSA) is 49.8 Å². The molecular formula is C20H19NO3. The van der Waals surface area contributed by atoms with E-state index in [-0.39, 0.29) is 18.2 Å². The van der Waals surface area contributed by atoms with Crippen LogP contribution in [0.4, 0.5) is 5.69 Å². The second-order valence-corrected chi connectivity index (χ2v) is 6.01. The van der Waals surface area contributed by atoms with Gasteiger partial charge in [0, 0.05) is 12.5 Å². The zero-order valence-corrected chi connectivity index (χ0v) is 13.7. The van der Waals surface area contributed by atoms with Crippen LogP contribution in [0.25, 0.3) is 0 Å². The molecule has 122 valence electrons. The standard InChI is InChI=1S/C20H19NO3/c1-4-9-21-17-12-16(22)7-8-18(17)24-19(20(21)23)11-15-6-5-13(2)14(3)10-15/h1,5-8,10,12,19,22H,9,11H2,2-3H3. The van der Waals surface area contributed by atoms with E-state index in [1.54, 1.807) is 6.07 Å². The van der Waals surface area contributed by atoms with E-state index in [4.69, 9.17) is 11.2 Å². The molecule has 3 rings (SSSR count). The Morgan fingerprint density at radius 1 is 1.21 bits per heavy atom. The second-order valence-electron chi connectivity index (χ2n) is 6.01. The number of ether oxygens (including phenoxy) is 1. The molecule has 0 aromatic heterocycles. The van der Waals surface area contributed by atoms with E-state index >= 15 is 0 Å². The molecular weight excluding hydrogens is 302 g/mol. The van der Waals surface area contributed by atoms with Gasteiger partial charge in [0.05, 0.1) is 12.2 Å². The van der Waals surface area contributed by atoms with Crippen LogP contribution in [-0.2, 0) is 11.2 Å². The first kappa shape index (κ1) is 15.9. The molecule has 2 aromatic carbocycles. The van der Waals surface area contributed by atoms with Crippen LogP contribution in [-0.4, -0.2) is 23.7 Å². The number of anilines is 1. The Morgan fingerprint density at radius 3 is 2.71 bits per heavy atom. The average molecular weight is 321 g/mol. The summed E-state index contributed by atoms with van der Waals surface area (Å²) in [5.41, 5.74) is 3.94. The quantitative estimate of drug-likeness (QED) is 0.884.